The van der Waals surface area contributed by atoms with E-state index < -0.39 is 23.8 Å². The highest BCUT2D eigenvalue weighted by atomic mass is 32.1. The number of hydrogen-bond donors (Lipinski definition) is 2. The second kappa shape index (κ2) is 19.4. The van der Waals surface area contributed by atoms with Crippen molar-refractivity contribution in [1.82, 2.24) is 10.6 Å². The summed E-state index contributed by atoms with van der Waals surface area (Å²) in [5.41, 5.74) is 7.84. The first kappa shape index (κ1) is 42.9. The molecule has 0 radical (unpaired) electrons. The molecule has 0 saturated heterocycles. The van der Waals surface area contributed by atoms with E-state index >= 15 is 0 Å². The number of fused-ring (bicyclic) bond motifs is 2. The molecule has 306 valence electrons. The van der Waals surface area contributed by atoms with Gasteiger partial charge in [-0.3, -0.25) is 9.59 Å². The lowest BCUT2D eigenvalue weighted by molar-refractivity contribution is -0.137. The third-order valence-electron chi connectivity index (χ3n) is 10.4. The van der Waals surface area contributed by atoms with Gasteiger partial charge in [-0.2, -0.15) is 0 Å². The Morgan fingerprint density at radius 1 is 0.593 bits per heavy atom. The van der Waals surface area contributed by atoms with Crippen molar-refractivity contribution < 1.29 is 38.1 Å². The summed E-state index contributed by atoms with van der Waals surface area (Å²) < 4.78 is 23.6. The van der Waals surface area contributed by atoms with Gasteiger partial charge in [0.2, 0.25) is 0 Å². The zero-order chi connectivity index (χ0) is 42.2. The van der Waals surface area contributed by atoms with Crippen LogP contribution in [0.1, 0.15) is 62.6 Å². The molecule has 2 atom stereocenters. The van der Waals surface area contributed by atoms with Crippen molar-refractivity contribution in [2.75, 3.05) is 34.5 Å². The van der Waals surface area contributed by atoms with Crippen molar-refractivity contribution >= 4 is 66.4 Å². The van der Waals surface area contributed by atoms with Crippen molar-refractivity contribution in [1.29, 1.82) is 0 Å². The van der Waals surface area contributed by atoms with Gasteiger partial charge in [0.05, 0.1) is 50.9 Å². The Bertz CT molecular complexity index is 2520. The minimum atomic E-state index is -0.521. The first-order chi connectivity index (χ1) is 28.5. The number of nitrogens with one attached hydrogen (secondary N) is 2. The van der Waals surface area contributed by atoms with Gasteiger partial charge in [-0.05, 0) is 78.1 Å². The number of esters is 2. The first-order valence-electron chi connectivity index (χ1n) is 19.1. The molecule has 2 aliphatic rings. The van der Waals surface area contributed by atoms with Crippen LogP contribution in [0.25, 0.3) is 20.2 Å². The van der Waals surface area contributed by atoms with Crippen molar-refractivity contribution in [3.8, 4) is 0 Å². The second-order valence-corrected chi connectivity index (χ2v) is 16.0. The molecule has 0 aliphatic carbocycles. The standard InChI is InChI=1S/C26H25NO4S.C21H23NO4S/c1-16-23(17(2)28)24(20-15-32-22-12-8-7-11-19(20)22)25(26(29)30-3)21(27-16)14-31-13-18-9-5-4-6-10-18;1-12-18(13(2)23)19(15-11-27-17-8-6-5-7-14(15)17)20(21(24)26-4)16(22-12)9-10-25-3/h4-12,15,24,27H,13-14H2,1-3H3;5-8,11,19,22H,9-10H2,1-4H3. The lowest BCUT2D eigenvalue weighted by Crippen LogP contribution is -2.33. The van der Waals surface area contributed by atoms with Crippen molar-refractivity contribution in [3.05, 3.63) is 151 Å². The van der Waals surface area contributed by atoms with Gasteiger partial charge < -0.3 is 29.6 Å². The molecule has 0 fully saturated rings. The highest BCUT2D eigenvalue weighted by Crippen LogP contribution is 2.45. The summed E-state index contributed by atoms with van der Waals surface area (Å²) in [5, 5.41) is 12.6. The Kier molecular flexibility index (Phi) is 14.1. The fourth-order valence-corrected chi connectivity index (χ4v) is 9.83. The molecule has 2 aliphatic heterocycles. The SMILES string of the molecule is COC(=O)C1=C(COCc2ccccc2)NC(C)=C(C(C)=O)C1c1csc2ccccc12.COCCC1=C(C(=O)OC)C(c2csc3ccccc23)C(C(C)=O)=C(C)N1. The minimum Gasteiger partial charge on any atom is -0.466 e. The van der Waals surface area contributed by atoms with Crippen molar-refractivity contribution in [2.45, 2.75) is 52.6 Å². The van der Waals surface area contributed by atoms with Gasteiger partial charge in [0.1, 0.15) is 0 Å². The van der Waals surface area contributed by atoms with Gasteiger partial charge in [-0.1, -0.05) is 66.7 Å². The molecule has 3 aromatic carbocycles. The Balaban J connectivity index is 0.000000201. The van der Waals surface area contributed by atoms with Crippen molar-refractivity contribution in [2.24, 2.45) is 0 Å². The molecule has 59 heavy (non-hydrogen) atoms. The second-order valence-electron chi connectivity index (χ2n) is 14.2. The largest absolute Gasteiger partial charge is 0.466 e. The van der Waals surface area contributed by atoms with E-state index in [9.17, 15) is 19.2 Å². The van der Waals surface area contributed by atoms with E-state index in [0.717, 1.165) is 54.0 Å². The van der Waals surface area contributed by atoms with E-state index in [1.54, 1.807) is 29.8 Å². The molecule has 7 rings (SSSR count). The summed E-state index contributed by atoms with van der Waals surface area (Å²) in [6.45, 7) is 7.88. The fourth-order valence-electron chi connectivity index (χ4n) is 7.85. The number of thiophene rings is 2. The fraction of sp³-hybridized carbons (Fsp3) is 0.277. The summed E-state index contributed by atoms with van der Waals surface area (Å²) in [4.78, 5) is 51.0. The normalized spacial score (nSPS) is 16.7. The van der Waals surface area contributed by atoms with Crippen LogP contribution in [0.4, 0.5) is 0 Å². The maximum Gasteiger partial charge on any atom is 0.336 e. The third-order valence-corrected chi connectivity index (χ3v) is 12.4. The monoisotopic (exact) mass is 832 g/mol. The summed E-state index contributed by atoms with van der Waals surface area (Å²) in [6, 6.07) is 25.9. The molecule has 10 nitrogen and oxygen atoms in total. The average Bonchev–Trinajstić information content (AvgIpc) is 3.87. The Hall–Kier alpha value is -5.66. The molecule has 0 amide bonds. The van der Waals surface area contributed by atoms with Crippen LogP contribution in [-0.4, -0.2) is 58.0 Å². The van der Waals surface area contributed by atoms with Crippen LogP contribution in [0, 0.1) is 0 Å². The maximum atomic E-state index is 13.0. The highest BCUT2D eigenvalue weighted by molar-refractivity contribution is 7.17. The highest BCUT2D eigenvalue weighted by Gasteiger charge is 2.39. The molecule has 0 spiro atoms. The molecule has 2 aromatic heterocycles. The summed E-state index contributed by atoms with van der Waals surface area (Å²) in [6.07, 6.45) is 0.530. The van der Waals surface area contributed by atoms with Gasteiger partial charge in [0.25, 0.3) is 0 Å². The van der Waals surface area contributed by atoms with E-state index in [1.165, 1.54) is 28.1 Å². The van der Waals surface area contributed by atoms with Crippen LogP contribution in [0.15, 0.2) is 135 Å². The van der Waals surface area contributed by atoms with Gasteiger partial charge >= 0.3 is 11.9 Å². The maximum absolute atomic E-state index is 13.0. The number of carbonyl (C=O) groups excluding carboxylic acids is 4. The molecule has 12 heteroatoms. The number of Topliss-reactive ketones (excluding diaryl/α,β-unsaturated/α-hetero) is 2. The minimum absolute atomic E-state index is 0.0625. The smallest absolute Gasteiger partial charge is 0.336 e. The molecule has 0 saturated carbocycles. The lowest BCUT2D eigenvalue weighted by Gasteiger charge is -2.31. The number of benzene rings is 3. The van der Waals surface area contributed by atoms with E-state index in [0.29, 0.717) is 47.6 Å². The van der Waals surface area contributed by atoms with E-state index in [4.69, 9.17) is 18.9 Å². The summed E-state index contributed by atoms with van der Waals surface area (Å²) in [7, 11) is 4.35. The first-order valence-corrected chi connectivity index (χ1v) is 20.9. The molecular formula is C47H48N2O8S2. The molecule has 4 heterocycles. The molecule has 2 unspecified atom stereocenters. The molecule has 5 aromatic rings. The zero-order valence-corrected chi connectivity index (χ0v) is 35.9. The van der Waals surface area contributed by atoms with E-state index in [1.807, 2.05) is 103 Å². The number of allylic oxidation sites excluding steroid dienone is 4. The quantitative estimate of drug-likeness (QED) is 0.111. The Morgan fingerprint density at radius 3 is 1.53 bits per heavy atom. The van der Waals surface area contributed by atoms with Gasteiger partial charge in [0.15, 0.2) is 11.6 Å². The van der Waals surface area contributed by atoms with Crippen LogP contribution in [0.3, 0.4) is 0 Å². The molecule has 0 bridgehead atoms. The predicted octanol–water partition coefficient (Wildman–Crippen LogP) is 9.01. The number of ether oxygens (including phenoxy) is 4. The predicted molar refractivity (Wildman–Crippen MR) is 233 cm³/mol. The van der Waals surface area contributed by atoms with Gasteiger partial charge in [0, 0.05) is 63.0 Å². The Labute approximate surface area is 352 Å². The number of hydrogen-bond acceptors (Lipinski definition) is 12. The topological polar surface area (TPSA) is 129 Å². The summed E-state index contributed by atoms with van der Waals surface area (Å²) in [5.74, 6) is -2.03. The van der Waals surface area contributed by atoms with Crippen LogP contribution in [0.2, 0.25) is 0 Å². The van der Waals surface area contributed by atoms with Gasteiger partial charge in [-0.15, -0.1) is 22.7 Å². The zero-order valence-electron chi connectivity index (χ0n) is 34.2. The molecular weight excluding hydrogens is 785 g/mol. The van der Waals surface area contributed by atoms with Crippen LogP contribution < -0.4 is 10.6 Å². The number of rotatable bonds is 13. The third kappa shape index (κ3) is 9.16. The van der Waals surface area contributed by atoms with Crippen LogP contribution in [-0.2, 0) is 44.7 Å². The summed E-state index contributed by atoms with van der Waals surface area (Å²) >= 11 is 3.21. The van der Waals surface area contributed by atoms with Crippen LogP contribution in [0.5, 0.6) is 0 Å². The molecule has 2 N–H and O–H groups in total. The average molecular weight is 833 g/mol. The number of ketones is 2. The van der Waals surface area contributed by atoms with E-state index in [-0.39, 0.29) is 18.2 Å². The Morgan fingerprint density at radius 2 is 1.05 bits per heavy atom. The van der Waals surface area contributed by atoms with E-state index in [2.05, 4.69) is 10.6 Å². The van der Waals surface area contributed by atoms with Crippen LogP contribution >= 0.6 is 22.7 Å². The number of carbonyl (C=O) groups is 4. The lowest BCUT2D eigenvalue weighted by atomic mass is 9.78. The number of dihydropyridines is 2. The number of methoxy groups -OCH3 is 3. The van der Waals surface area contributed by atoms with Crippen molar-refractivity contribution in [3.63, 3.8) is 0 Å². The van der Waals surface area contributed by atoms with Gasteiger partial charge in [-0.25, -0.2) is 9.59 Å².